The maximum absolute atomic E-state index is 13.1. The van der Waals surface area contributed by atoms with Gasteiger partial charge in [0.05, 0.1) is 16.4 Å². The fourth-order valence-corrected chi connectivity index (χ4v) is 4.42. The van der Waals surface area contributed by atoms with Crippen molar-refractivity contribution in [2.75, 3.05) is 0 Å². The lowest BCUT2D eigenvalue weighted by molar-refractivity contribution is -0.384. The molecule has 166 valence electrons. The molecular formula is C24H17FN2O4S2. The Balaban J connectivity index is 1.60. The Morgan fingerprint density at radius 3 is 2.48 bits per heavy atom. The van der Waals surface area contributed by atoms with Gasteiger partial charge in [0.25, 0.3) is 11.6 Å². The van der Waals surface area contributed by atoms with E-state index in [-0.39, 0.29) is 24.0 Å². The van der Waals surface area contributed by atoms with E-state index in [1.54, 1.807) is 18.2 Å². The second-order valence-electron chi connectivity index (χ2n) is 7.15. The van der Waals surface area contributed by atoms with Crippen LogP contribution in [0.3, 0.4) is 0 Å². The molecular weight excluding hydrogens is 463 g/mol. The minimum Gasteiger partial charge on any atom is -0.488 e. The summed E-state index contributed by atoms with van der Waals surface area (Å²) in [7, 11) is 0. The van der Waals surface area contributed by atoms with Crippen molar-refractivity contribution in [1.82, 2.24) is 4.90 Å². The summed E-state index contributed by atoms with van der Waals surface area (Å²) in [5.41, 5.74) is 1.92. The zero-order chi connectivity index (χ0) is 23.4. The molecule has 33 heavy (non-hydrogen) atoms. The number of thioether (sulfide) groups is 1. The normalized spacial score (nSPS) is 14.7. The molecule has 1 heterocycles. The molecule has 0 saturated carbocycles. The van der Waals surface area contributed by atoms with E-state index in [0.717, 1.165) is 22.9 Å². The Bertz CT molecular complexity index is 1250. The molecule has 1 aliphatic rings. The minimum atomic E-state index is -0.512. The third kappa shape index (κ3) is 5.44. The van der Waals surface area contributed by atoms with Crippen molar-refractivity contribution in [2.24, 2.45) is 0 Å². The van der Waals surface area contributed by atoms with E-state index >= 15 is 0 Å². The van der Waals surface area contributed by atoms with Gasteiger partial charge in [0.2, 0.25) is 0 Å². The van der Waals surface area contributed by atoms with E-state index in [2.05, 4.69) is 0 Å². The Morgan fingerprint density at radius 1 is 1.06 bits per heavy atom. The Hall–Kier alpha value is -3.56. The number of hydrogen-bond acceptors (Lipinski definition) is 6. The number of non-ortho nitro benzene ring substituents is 1. The van der Waals surface area contributed by atoms with Crippen LogP contribution < -0.4 is 4.74 Å². The summed E-state index contributed by atoms with van der Waals surface area (Å²) in [5.74, 6) is -0.268. The molecule has 0 N–H and O–H groups in total. The molecule has 0 radical (unpaired) electrons. The van der Waals surface area contributed by atoms with E-state index < -0.39 is 4.92 Å². The van der Waals surface area contributed by atoms with Crippen LogP contribution in [-0.2, 0) is 17.9 Å². The first-order valence-electron chi connectivity index (χ1n) is 9.86. The lowest BCUT2D eigenvalue weighted by Crippen LogP contribution is -2.27. The second kappa shape index (κ2) is 9.93. The zero-order valence-corrected chi connectivity index (χ0v) is 18.8. The van der Waals surface area contributed by atoms with Crippen LogP contribution in [0.15, 0.2) is 77.7 Å². The maximum atomic E-state index is 13.1. The van der Waals surface area contributed by atoms with Crippen molar-refractivity contribution >= 4 is 46.0 Å². The number of nitro benzene ring substituents is 1. The molecule has 3 aromatic carbocycles. The SMILES string of the molecule is O=C1/C(=C/c2cc([N+](=O)[O-])ccc2OCc2ccc(F)cc2)SC(=S)N1Cc1ccccc1. The fourth-order valence-electron chi connectivity index (χ4n) is 3.18. The van der Waals surface area contributed by atoms with E-state index in [1.165, 1.54) is 35.2 Å². The number of thiocarbonyl (C=S) groups is 1. The quantitative estimate of drug-likeness (QED) is 0.187. The summed E-state index contributed by atoms with van der Waals surface area (Å²) < 4.78 is 19.4. The highest BCUT2D eigenvalue weighted by Crippen LogP contribution is 2.36. The monoisotopic (exact) mass is 480 g/mol. The van der Waals surface area contributed by atoms with Crippen LogP contribution in [0, 0.1) is 15.9 Å². The molecule has 3 aromatic rings. The summed E-state index contributed by atoms with van der Waals surface area (Å²) in [6.07, 6.45) is 1.55. The standard InChI is InChI=1S/C24H17FN2O4S2/c25-19-8-6-17(7-9-19)15-31-21-11-10-20(27(29)30)12-18(21)13-22-23(28)26(24(32)33-22)14-16-4-2-1-3-5-16/h1-13H,14-15H2/b22-13-. The first-order valence-corrected chi connectivity index (χ1v) is 11.1. The van der Waals surface area contributed by atoms with Crippen LogP contribution in [0.2, 0.25) is 0 Å². The number of nitro groups is 1. The van der Waals surface area contributed by atoms with E-state index in [0.29, 0.717) is 27.1 Å². The third-order valence-corrected chi connectivity index (χ3v) is 6.23. The number of halogens is 1. The molecule has 0 aliphatic carbocycles. The Morgan fingerprint density at radius 2 is 1.79 bits per heavy atom. The smallest absolute Gasteiger partial charge is 0.270 e. The summed E-state index contributed by atoms with van der Waals surface area (Å²) >= 11 is 6.53. The van der Waals surface area contributed by atoms with Gasteiger partial charge in [0, 0.05) is 17.7 Å². The second-order valence-corrected chi connectivity index (χ2v) is 8.82. The summed E-state index contributed by atoms with van der Waals surface area (Å²) in [6.45, 7) is 0.472. The van der Waals surface area contributed by atoms with Crippen molar-refractivity contribution in [3.8, 4) is 5.75 Å². The predicted molar refractivity (Wildman–Crippen MR) is 129 cm³/mol. The van der Waals surface area contributed by atoms with Crippen LogP contribution in [-0.4, -0.2) is 20.1 Å². The topological polar surface area (TPSA) is 72.7 Å². The number of ether oxygens (including phenoxy) is 1. The van der Waals surface area contributed by atoms with Crippen molar-refractivity contribution in [3.63, 3.8) is 0 Å². The van der Waals surface area contributed by atoms with Gasteiger partial charge in [-0.15, -0.1) is 0 Å². The number of carbonyl (C=O) groups is 1. The van der Waals surface area contributed by atoms with Gasteiger partial charge in [-0.05, 0) is 35.4 Å². The van der Waals surface area contributed by atoms with Crippen molar-refractivity contribution in [2.45, 2.75) is 13.2 Å². The Kier molecular flexibility index (Phi) is 6.81. The van der Waals surface area contributed by atoms with Gasteiger partial charge in [-0.1, -0.05) is 66.4 Å². The van der Waals surface area contributed by atoms with E-state index in [9.17, 15) is 19.3 Å². The van der Waals surface area contributed by atoms with Crippen molar-refractivity contribution in [1.29, 1.82) is 0 Å². The minimum absolute atomic E-state index is 0.129. The van der Waals surface area contributed by atoms with Crippen LogP contribution in [0.4, 0.5) is 10.1 Å². The van der Waals surface area contributed by atoms with Crippen LogP contribution in [0.5, 0.6) is 5.75 Å². The lowest BCUT2D eigenvalue weighted by atomic mass is 10.1. The largest absolute Gasteiger partial charge is 0.488 e. The van der Waals surface area contributed by atoms with Crippen molar-refractivity contribution in [3.05, 3.63) is 110 Å². The van der Waals surface area contributed by atoms with Crippen molar-refractivity contribution < 1.29 is 18.8 Å². The summed E-state index contributed by atoms with van der Waals surface area (Å²) in [6, 6.07) is 19.5. The summed E-state index contributed by atoms with van der Waals surface area (Å²) in [5, 5.41) is 11.3. The maximum Gasteiger partial charge on any atom is 0.270 e. The lowest BCUT2D eigenvalue weighted by Gasteiger charge is -2.14. The third-order valence-electron chi connectivity index (χ3n) is 4.86. The number of carbonyl (C=O) groups excluding carboxylic acids is 1. The fraction of sp³-hybridized carbons (Fsp3) is 0.0833. The highest BCUT2D eigenvalue weighted by Gasteiger charge is 2.32. The van der Waals surface area contributed by atoms with Gasteiger partial charge in [-0.25, -0.2) is 4.39 Å². The molecule has 6 nitrogen and oxygen atoms in total. The van der Waals surface area contributed by atoms with Gasteiger partial charge < -0.3 is 4.74 Å². The molecule has 0 aromatic heterocycles. The molecule has 9 heteroatoms. The van der Waals surface area contributed by atoms with E-state index in [1.807, 2.05) is 30.3 Å². The van der Waals surface area contributed by atoms with Crippen LogP contribution >= 0.6 is 24.0 Å². The first-order chi connectivity index (χ1) is 15.9. The zero-order valence-electron chi connectivity index (χ0n) is 17.1. The highest BCUT2D eigenvalue weighted by atomic mass is 32.2. The predicted octanol–water partition coefficient (Wildman–Crippen LogP) is 5.71. The van der Waals surface area contributed by atoms with E-state index in [4.69, 9.17) is 17.0 Å². The first kappa shape index (κ1) is 22.6. The van der Waals surface area contributed by atoms with Crippen LogP contribution in [0.1, 0.15) is 16.7 Å². The molecule has 1 saturated heterocycles. The van der Waals surface area contributed by atoms with Gasteiger partial charge >= 0.3 is 0 Å². The number of benzene rings is 3. The molecule has 0 spiro atoms. The molecule has 1 fully saturated rings. The average molecular weight is 481 g/mol. The molecule has 0 bridgehead atoms. The van der Waals surface area contributed by atoms with Gasteiger partial charge in [-0.3, -0.25) is 19.8 Å². The molecule has 0 unspecified atom stereocenters. The van der Waals surface area contributed by atoms with Crippen LogP contribution in [0.25, 0.3) is 6.08 Å². The molecule has 1 amide bonds. The molecule has 4 rings (SSSR count). The van der Waals surface area contributed by atoms with Gasteiger partial charge in [0.15, 0.2) is 0 Å². The van der Waals surface area contributed by atoms with Gasteiger partial charge in [0.1, 0.15) is 22.5 Å². The molecule has 0 atom stereocenters. The number of amides is 1. The molecule has 1 aliphatic heterocycles. The number of nitrogens with zero attached hydrogens (tertiary/aromatic N) is 2. The Labute approximate surface area is 198 Å². The average Bonchev–Trinajstić information content (AvgIpc) is 3.07. The highest BCUT2D eigenvalue weighted by molar-refractivity contribution is 8.26. The summed E-state index contributed by atoms with van der Waals surface area (Å²) in [4.78, 5) is 25.6. The number of hydrogen-bond donors (Lipinski definition) is 0. The number of rotatable bonds is 7. The van der Waals surface area contributed by atoms with Gasteiger partial charge in [-0.2, -0.15) is 0 Å².